The van der Waals surface area contributed by atoms with E-state index < -0.39 is 0 Å². The number of hydrogen-bond acceptors (Lipinski definition) is 2. The van der Waals surface area contributed by atoms with Gasteiger partial charge in [0.05, 0.1) is 5.69 Å². The lowest BCUT2D eigenvalue weighted by atomic mass is 9.82. The molecular weight excluding hydrogens is 619 g/mol. The molecular formula is C49H35NO. The molecule has 51 heavy (non-hydrogen) atoms. The molecule has 9 aromatic rings. The van der Waals surface area contributed by atoms with Gasteiger partial charge < -0.3 is 9.32 Å². The van der Waals surface area contributed by atoms with E-state index in [2.05, 4.69) is 195 Å². The van der Waals surface area contributed by atoms with Gasteiger partial charge in [-0.1, -0.05) is 153 Å². The van der Waals surface area contributed by atoms with Crippen LogP contribution in [0.15, 0.2) is 180 Å². The highest BCUT2D eigenvalue weighted by Crippen LogP contribution is 2.52. The minimum Gasteiger partial charge on any atom is -0.454 e. The van der Waals surface area contributed by atoms with Crippen molar-refractivity contribution in [3.05, 3.63) is 187 Å². The fourth-order valence-corrected chi connectivity index (χ4v) is 8.37. The van der Waals surface area contributed by atoms with Crippen LogP contribution < -0.4 is 4.90 Å². The number of para-hydroxylation sites is 1. The van der Waals surface area contributed by atoms with Crippen LogP contribution in [0.1, 0.15) is 25.0 Å². The summed E-state index contributed by atoms with van der Waals surface area (Å²) in [5, 5.41) is 4.67. The molecule has 0 unspecified atom stereocenters. The smallest absolute Gasteiger partial charge is 0.159 e. The van der Waals surface area contributed by atoms with Crippen molar-refractivity contribution < 1.29 is 4.42 Å². The first-order valence-corrected chi connectivity index (χ1v) is 17.7. The van der Waals surface area contributed by atoms with Crippen LogP contribution in [0.5, 0.6) is 0 Å². The van der Waals surface area contributed by atoms with Crippen LogP contribution in [0.4, 0.5) is 17.1 Å². The molecule has 0 atom stereocenters. The Morgan fingerprint density at radius 3 is 1.82 bits per heavy atom. The second-order valence-corrected chi connectivity index (χ2v) is 14.1. The van der Waals surface area contributed by atoms with Crippen LogP contribution in [0.25, 0.3) is 66.1 Å². The van der Waals surface area contributed by atoms with Gasteiger partial charge >= 0.3 is 0 Å². The zero-order valence-electron chi connectivity index (χ0n) is 28.6. The highest BCUT2D eigenvalue weighted by atomic mass is 16.3. The lowest BCUT2D eigenvalue weighted by Crippen LogP contribution is -2.16. The Bertz CT molecular complexity index is 2760. The Morgan fingerprint density at radius 1 is 0.431 bits per heavy atom. The van der Waals surface area contributed by atoms with Gasteiger partial charge in [-0.05, 0) is 91.7 Å². The number of nitrogens with zero attached hydrogens (tertiary/aromatic N) is 1. The van der Waals surface area contributed by atoms with Gasteiger partial charge in [-0.25, -0.2) is 0 Å². The maximum absolute atomic E-state index is 7.01. The average molecular weight is 654 g/mol. The molecule has 10 rings (SSSR count). The highest BCUT2D eigenvalue weighted by molar-refractivity contribution is 6.23. The van der Waals surface area contributed by atoms with Crippen molar-refractivity contribution in [2.24, 2.45) is 0 Å². The maximum Gasteiger partial charge on any atom is 0.159 e. The van der Waals surface area contributed by atoms with Crippen molar-refractivity contribution >= 4 is 49.8 Å². The third-order valence-corrected chi connectivity index (χ3v) is 10.9. The summed E-state index contributed by atoms with van der Waals surface area (Å²) in [6.45, 7) is 4.69. The summed E-state index contributed by atoms with van der Waals surface area (Å²) >= 11 is 0. The molecule has 0 aliphatic heterocycles. The Morgan fingerprint density at radius 2 is 1.04 bits per heavy atom. The lowest BCUT2D eigenvalue weighted by Gasteiger charge is -2.28. The van der Waals surface area contributed by atoms with E-state index in [1.165, 1.54) is 55.3 Å². The third-order valence-electron chi connectivity index (χ3n) is 10.9. The van der Waals surface area contributed by atoms with E-state index in [9.17, 15) is 0 Å². The summed E-state index contributed by atoms with van der Waals surface area (Å²) < 4.78 is 7.01. The minimum atomic E-state index is -0.122. The van der Waals surface area contributed by atoms with E-state index in [4.69, 9.17) is 4.42 Å². The number of fused-ring (bicyclic) bond motifs is 8. The van der Waals surface area contributed by atoms with E-state index >= 15 is 0 Å². The molecule has 8 aromatic carbocycles. The first-order chi connectivity index (χ1) is 25.1. The molecule has 0 bridgehead atoms. The number of anilines is 3. The second-order valence-electron chi connectivity index (χ2n) is 14.1. The van der Waals surface area contributed by atoms with E-state index in [1.807, 2.05) is 0 Å². The van der Waals surface area contributed by atoms with E-state index in [-0.39, 0.29) is 5.41 Å². The summed E-state index contributed by atoms with van der Waals surface area (Å²) in [6.07, 6.45) is 0. The van der Waals surface area contributed by atoms with Gasteiger partial charge in [-0.2, -0.15) is 0 Å². The number of hydrogen-bond donors (Lipinski definition) is 0. The van der Waals surface area contributed by atoms with Crippen LogP contribution in [0.3, 0.4) is 0 Å². The number of benzene rings is 8. The third kappa shape index (κ3) is 4.57. The van der Waals surface area contributed by atoms with Gasteiger partial charge in [0, 0.05) is 27.6 Å². The molecule has 242 valence electrons. The normalized spacial score (nSPS) is 13.1. The molecule has 1 aromatic heterocycles. The van der Waals surface area contributed by atoms with Gasteiger partial charge in [-0.15, -0.1) is 0 Å². The zero-order chi connectivity index (χ0) is 34.1. The summed E-state index contributed by atoms with van der Waals surface area (Å²) in [7, 11) is 0. The maximum atomic E-state index is 7.01. The van der Waals surface area contributed by atoms with Crippen molar-refractivity contribution in [3.8, 4) is 33.4 Å². The Balaban J connectivity index is 1.22. The van der Waals surface area contributed by atoms with E-state index in [0.717, 1.165) is 39.0 Å². The molecule has 0 spiro atoms. The van der Waals surface area contributed by atoms with Crippen molar-refractivity contribution in [2.75, 3.05) is 4.90 Å². The SMILES string of the molecule is CC1(C)c2ccccc2-c2ccc(N(c3ccc(-c4ccccc4)cc3)c3cccc4c3oc3cc(-c5ccccc5)c5ccccc5c34)cc21. The first-order valence-electron chi connectivity index (χ1n) is 17.7. The van der Waals surface area contributed by atoms with Gasteiger partial charge in [0.25, 0.3) is 0 Å². The molecule has 0 fully saturated rings. The van der Waals surface area contributed by atoms with Crippen LogP contribution in [0.2, 0.25) is 0 Å². The molecule has 1 aliphatic carbocycles. The zero-order valence-corrected chi connectivity index (χ0v) is 28.6. The van der Waals surface area contributed by atoms with E-state index in [1.54, 1.807) is 0 Å². The van der Waals surface area contributed by atoms with Gasteiger partial charge in [0.2, 0.25) is 0 Å². The monoisotopic (exact) mass is 653 g/mol. The first kappa shape index (κ1) is 29.5. The Kier molecular flexibility index (Phi) is 6.56. The number of rotatable bonds is 5. The van der Waals surface area contributed by atoms with Gasteiger partial charge in [-0.3, -0.25) is 0 Å². The van der Waals surface area contributed by atoms with Gasteiger partial charge in [0.1, 0.15) is 5.58 Å². The van der Waals surface area contributed by atoms with Crippen molar-refractivity contribution in [1.29, 1.82) is 0 Å². The minimum absolute atomic E-state index is 0.122. The van der Waals surface area contributed by atoms with E-state index in [0.29, 0.717) is 0 Å². The number of furan rings is 1. The van der Waals surface area contributed by atoms with Gasteiger partial charge in [0.15, 0.2) is 5.58 Å². The Hall–Kier alpha value is -6.38. The van der Waals surface area contributed by atoms with Crippen LogP contribution >= 0.6 is 0 Å². The molecule has 0 saturated heterocycles. The topological polar surface area (TPSA) is 16.4 Å². The second kappa shape index (κ2) is 11.3. The quantitative estimate of drug-likeness (QED) is 0.184. The summed E-state index contributed by atoms with van der Waals surface area (Å²) in [5.41, 5.74) is 14.9. The van der Waals surface area contributed by atoms with Crippen molar-refractivity contribution in [1.82, 2.24) is 0 Å². The molecule has 0 radical (unpaired) electrons. The van der Waals surface area contributed by atoms with Crippen LogP contribution in [0, 0.1) is 0 Å². The van der Waals surface area contributed by atoms with Crippen molar-refractivity contribution in [3.63, 3.8) is 0 Å². The van der Waals surface area contributed by atoms with Crippen LogP contribution in [-0.4, -0.2) is 0 Å². The predicted octanol–water partition coefficient (Wildman–Crippen LogP) is 13.8. The molecule has 0 amide bonds. The fourth-order valence-electron chi connectivity index (χ4n) is 8.37. The fraction of sp³-hybridized carbons (Fsp3) is 0.0612. The molecule has 0 N–H and O–H groups in total. The largest absolute Gasteiger partial charge is 0.454 e. The highest BCUT2D eigenvalue weighted by Gasteiger charge is 2.36. The average Bonchev–Trinajstić information content (AvgIpc) is 3.68. The molecule has 0 saturated carbocycles. The molecule has 1 heterocycles. The lowest BCUT2D eigenvalue weighted by molar-refractivity contribution is 0.660. The predicted molar refractivity (Wildman–Crippen MR) is 214 cm³/mol. The summed E-state index contributed by atoms with van der Waals surface area (Å²) in [5.74, 6) is 0. The standard InChI is InChI=1S/C49H35NO/c1-49(2)43-22-12-11-19-38(43)39-29-28-36(30-44(39)49)50(35-26-24-33(25-27-35)32-14-5-3-6-15-32)45-23-13-21-41-47-40-20-10-9-18-37(40)42(31-46(47)51-48(41)45)34-16-7-4-8-17-34/h3-31H,1-2H3. The van der Waals surface area contributed by atoms with Crippen LogP contribution in [-0.2, 0) is 5.41 Å². The Labute approximate surface area is 297 Å². The summed E-state index contributed by atoms with van der Waals surface area (Å²) in [6, 6.07) is 63.4. The van der Waals surface area contributed by atoms with Crippen molar-refractivity contribution in [2.45, 2.75) is 19.3 Å². The molecule has 1 aliphatic rings. The molecule has 2 heteroatoms. The molecule has 2 nitrogen and oxygen atoms in total. The summed E-state index contributed by atoms with van der Waals surface area (Å²) in [4.78, 5) is 2.37.